The number of ether oxygens (including phenoxy) is 3. The maximum atomic E-state index is 12.4. The lowest BCUT2D eigenvalue weighted by Gasteiger charge is -2.27. The number of hydrogen-bond acceptors (Lipinski definition) is 4. The maximum Gasteiger partial charge on any atom is 0.256 e. The Hall–Kier alpha value is -1.59. The van der Waals surface area contributed by atoms with Gasteiger partial charge in [-0.05, 0) is 51.0 Å². The van der Waals surface area contributed by atoms with Gasteiger partial charge in [0, 0.05) is 18.9 Å². The number of nitrogens with one attached hydrogen (secondary N) is 1. The molecule has 0 radical (unpaired) electrons. The van der Waals surface area contributed by atoms with Gasteiger partial charge in [0.05, 0.1) is 6.61 Å². The molecule has 0 saturated heterocycles. The van der Waals surface area contributed by atoms with E-state index in [1.165, 1.54) is 0 Å². The third-order valence-electron chi connectivity index (χ3n) is 3.59. The van der Waals surface area contributed by atoms with Crippen LogP contribution in [0.2, 0.25) is 0 Å². The zero-order valence-corrected chi connectivity index (χ0v) is 14.7. The fourth-order valence-corrected chi connectivity index (χ4v) is 1.92. The highest BCUT2D eigenvalue weighted by Crippen LogP contribution is 2.21. The smallest absolute Gasteiger partial charge is 0.256 e. The lowest BCUT2D eigenvalue weighted by Crippen LogP contribution is -2.42. The SMILES string of the molecule is CCCO[C@](C)(CC)C(=O)Nc1ccc(OCCOCC)cc1. The Bertz CT molecular complexity index is 461. The minimum absolute atomic E-state index is 0.126. The first kappa shape index (κ1) is 19.5. The standard InChI is InChI=1S/C18H29NO4/c1-5-12-23-18(4,6-2)17(20)19-15-8-10-16(11-9-15)22-14-13-21-7-3/h8-11H,5-7,12-14H2,1-4H3,(H,19,20)/t18-/m1/s1. The van der Waals surface area contributed by atoms with Crippen LogP contribution < -0.4 is 10.1 Å². The molecule has 1 aromatic rings. The summed E-state index contributed by atoms with van der Waals surface area (Å²) in [5.74, 6) is 0.627. The van der Waals surface area contributed by atoms with E-state index in [-0.39, 0.29) is 5.91 Å². The number of benzene rings is 1. The molecule has 0 aliphatic carbocycles. The Kier molecular flexibility index (Phi) is 8.66. The Morgan fingerprint density at radius 2 is 1.78 bits per heavy atom. The van der Waals surface area contributed by atoms with Crippen molar-refractivity contribution in [3.63, 3.8) is 0 Å². The normalized spacial score (nSPS) is 13.4. The van der Waals surface area contributed by atoms with Crippen LogP contribution in [0.3, 0.4) is 0 Å². The molecule has 1 N–H and O–H groups in total. The third-order valence-corrected chi connectivity index (χ3v) is 3.59. The third kappa shape index (κ3) is 6.59. The summed E-state index contributed by atoms with van der Waals surface area (Å²) in [7, 11) is 0. The number of rotatable bonds is 11. The molecular weight excluding hydrogens is 294 g/mol. The number of carbonyl (C=O) groups is 1. The van der Waals surface area contributed by atoms with E-state index in [0.717, 1.165) is 17.9 Å². The Balaban J connectivity index is 2.54. The van der Waals surface area contributed by atoms with Gasteiger partial charge < -0.3 is 19.5 Å². The highest BCUT2D eigenvalue weighted by molar-refractivity contribution is 5.97. The van der Waals surface area contributed by atoms with Crippen LogP contribution in [0.15, 0.2) is 24.3 Å². The summed E-state index contributed by atoms with van der Waals surface area (Å²) in [4.78, 5) is 12.4. The monoisotopic (exact) mass is 323 g/mol. The van der Waals surface area contributed by atoms with E-state index >= 15 is 0 Å². The van der Waals surface area contributed by atoms with Crippen LogP contribution in [-0.2, 0) is 14.3 Å². The quantitative estimate of drug-likeness (QED) is 0.632. The van der Waals surface area contributed by atoms with Crippen LogP contribution in [-0.4, -0.2) is 37.9 Å². The van der Waals surface area contributed by atoms with Gasteiger partial charge in [0.15, 0.2) is 0 Å². The van der Waals surface area contributed by atoms with Crippen LogP contribution in [0, 0.1) is 0 Å². The first-order valence-corrected chi connectivity index (χ1v) is 8.31. The number of amides is 1. The molecular formula is C18H29NO4. The molecule has 130 valence electrons. The Morgan fingerprint density at radius 1 is 1.09 bits per heavy atom. The molecule has 1 amide bonds. The van der Waals surface area contributed by atoms with Gasteiger partial charge in [-0.25, -0.2) is 0 Å². The average Bonchev–Trinajstić information content (AvgIpc) is 2.58. The summed E-state index contributed by atoms with van der Waals surface area (Å²) in [5, 5.41) is 2.90. The van der Waals surface area contributed by atoms with Crippen molar-refractivity contribution >= 4 is 11.6 Å². The van der Waals surface area contributed by atoms with Crippen LogP contribution >= 0.6 is 0 Å². The molecule has 1 rings (SSSR count). The topological polar surface area (TPSA) is 56.8 Å². The largest absolute Gasteiger partial charge is 0.491 e. The highest BCUT2D eigenvalue weighted by atomic mass is 16.5. The zero-order chi connectivity index (χ0) is 17.1. The Morgan fingerprint density at radius 3 is 2.35 bits per heavy atom. The average molecular weight is 323 g/mol. The van der Waals surface area contributed by atoms with Crippen LogP contribution in [0.5, 0.6) is 5.75 Å². The fourth-order valence-electron chi connectivity index (χ4n) is 1.92. The van der Waals surface area contributed by atoms with Gasteiger partial charge in [0.2, 0.25) is 0 Å². The van der Waals surface area contributed by atoms with Crippen molar-refractivity contribution < 1.29 is 19.0 Å². The van der Waals surface area contributed by atoms with Gasteiger partial charge in [0.25, 0.3) is 5.91 Å². The number of hydrogen-bond donors (Lipinski definition) is 1. The number of anilines is 1. The minimum atomic E-state index is -0.803. The second-order valence-corrected chi connectivity index (χ2v) is 5.46. The number of carbonyl (C=O) groups excluding carboxylic acids is 1. The van der Waals surface area contributed by atoms with E-state index in [0.29, 0.717) is 32.8 Å². The van der Waals surface area contributed by atoms with E-state index in [2.05, 4.69) is 5.32 Å². The predicted molar refractivity (Wildman–Crippen MR) is 92.0 cm³/mol. The van der Waals surface area contributed by atoms with Crippen molar-refractivity contribution in [2.75, 3.05) is 31.7 Å². The summed E-state index contributed by atoms with van der Waals surface area (Å²) in [6, 6.07) is 7.31. The van der Waals surface area contributed by atoms with E-state index in [9.17, 15) is 4.79 Å². The van der Waals surface area contributed by atoms with Gasteiger partial charge in [-0.1, -0.05) is 13.8 Å². The second kappa shape index (κ2) is 10.2. The van der Waals surface area contributed by atoms with Gasteiger partial charge in [-0.3, -0.25) is 4.79 Å². The molecule has 0 heterocycles. The van der Waals surface area contributed by atoms with Crippen LogP contribution in [0.25, 0.3) is 0 Å². The first-order valence-electron chi connectivity index (χ1n) is 8.31. The molecule has 0 spiro atoms. The molecule has 0 unspecified atom stereocenters. The minimum Gasteiger partial charge on any atom is -0.491 e. The predicted octanol–water partition coefficient (Wildman–Crippen LogP) is 3.64. The van der Waals surface area contributed by atoms with Crippen molar-refractivity contribution in [1.29, 1.82) is 0 Å². The molecule has 0 saturated carbocycles. The lowest BCUT2D eigenvalue weighted by atomic mass is 10.0. The molecule has 1 atom stereocenters. The van der Waals surface area contributed by atoms with Crippen molar-refractivity contribution in [1.82, 2.24) is 0 Å². The van der Waals surface area contributed by atoms with Crippen LogP contribution in [0.4, 0.5) is 5.69 Å². The van der Waals surface area contributed by atoms with Gasteiger partial charge in [0.1, 0.15) is 18.0 Å². The van der Waals surface area contributed by atoms with Gasteiger partial charge in [-0.15, -0.1) is 0 Å². The zero-order valence-electron chi connectivity index (χ0n) is 14.7. The van der Waals surface area contributed by atoms with E-state index in [4.69, 9.17) is 14.2 Å². The van der Waals surface area contributed by atoms with Crippen molar-refractivity contribution in [2.45, 2.75) is 46.1 Å². The molecule has 0 aliphatic heterocycles. The molecule has 0 aromatic heterocycles. The first-order chi connectivity index (χ1) is 11.1. The summed E-state index contributed by atoms with van der Waals surface area (Å²) < 4.78 is 16.5. The van der Waals surface area contributed by atoms with E-state index in [1.54, 1.807) is 0 Å². The molecule has 0 aliphatic rings. The second-order valence-electron chi connectivity index (χ2n) is 5.46. The summed E-state index contributed by atoms with van der Waals surface area (Å²) in [6.07, 6.45) is 1.51. The molecule has 5 heteroatoms. The molecule has 5 nitrogen and oxygen atoms in total. The van der Waals surface area contributed by atoms with Gasteiger partial charge in [-0.2, -0.15) is 0 Å². The van der Waals surface area contributed by atoms with Crippen molar-refractivity contribution in [3.05, 3.63) is 24.3 Å². The Labute approximate surface area is 139 Å². The van der Waals surface area contributed by atoms with Crippen LogP contribution in [0.1, 0.15) is 40.5 Å². The van der Waals surface area contributed by atoms with Crippen molar-refractivity contribution in [3.8, 4) is 5.75 Å². The summed E-state index contributed by atoms with van der Waals surface area (Å²) in [5.41, 5.74) is -0.0743. The fraction of sp³-hybridized carbons (Fsp3) is 0.611. The van der Waals surface area contributed by atoms with Crippen molar-refractivity contribution in [2.24, 2.45) is 0 Å². The molecule has 0 bridgehead atoms. The maximum absolute atomic E-state index is 12.4. The highest BCUT2D eigenvalue weighted by Gasteiger charge is 2.32. The molecule has 23 heavy (non-hydrogen) atoms. The van der Waals surface area contributed by atoms with Gasteiger partial charge >= 0.3 is 0 Å². The summed E-state index contributed by atoms with van der Waals surface area (Å²) in [6.45, 7) is 10.1. The molecule has 0 fully saturated rings. The molecule has 1 aromatic carbocycles. The summed E-state index contributed by atoms with van der Waals surface area (Å²) >= 11 is 0. The van der Waals surface area contributed by atoms with E-state index < -0.39 is 5.60 Å². The van der Waals surface area contributed by atoms with E-state index in [1.807, 2.05) is 52.0 Å². The lowest BCUT2D eigenvalue weighted by molar-refractivity contribution is -0.139.